The first kappa shape index (κ1) is 18.5. The Balaban J connectivity index is 1.60. The van der Waals surface area contributed by atoms with Gasteiger partial charge in [0.1, 0.15) is 0 Å². The van der Waals surface area contributed by atoms with E-state index in [0.717, 1.165) is 11.1 Å². The molecule has 3 rings (SSSR count). The van der Waals surface area contributed by atoms with Crippen LogP contribution in [0.2, 0.25) is 5.02 Å². The van der Waals surface area contributed by atoms with Gasteiger partial charge in [-0.15, -0.1) is 0 Å². The van der Waals surface area contributed by atoms with E-state index >= 15 is 0 Å². The van der Waals surface area contributed by atoms with E-state index in [4.69, 9.17) is 11.6 Å². The predicted octanol–water partition coefficient (Wildman–Crippen LogP) is 3.66. The lowest BCUT2D eigenvalue weighted by Crippen LogP contribution is -2.34. The summed E-state index contributed by atoms with van der Waals surface area (Å²) in [6.45, 7) is 3.56. The molecule has 0 aromatic heterocycles. The summed E-state index contributed by atoms with van der Waals surface area (Å²) in [5, 5.41) is 0.656. The fraction of sp³-hybridized carbons (Fsp3) is 0.333. The van der Waals surface area contributed by atoms with Gasteiger partial charge in [-0.3, -0.25) is 9.59 Å². The van der Waals surface area contributed by atoms with Crippen molar-refractivity contribution >= 4 is 23.4 Å². The topological polar surface area (TPSA) is 40.6 Å². The lowest BCUT2D eigenvalue weighted by Gasteiger charge is -2.22. The summed E-state index contributed by atoms with van der Waals surface area (Å²) in [6.07, 6.45) is 0.282. The summed E-state index contributed by atoms with van der Waals surface area (Å²) >= 11 is 6.01. The number of carbonyl (C=O) groups excluding carboxylic acids is 2. The SMILES string of the molecule is Cc1ccc(CN2CC(C(=O)N(C)Cc3cccc(Cl)c3)CC2=O)cc1. The van der Waals surface area contributed by atoms with Crippen molar-refractivity contribution in [3.8, 4) is 0 Å². The van der Waals surface area contributed by atoms with Crippen LogP contribution in [0.1, 0.15) is 23.1 Å². The number of nitrogens with zero attached hydrogens (tertiary/aromatic N) is 2. The number of aryl methyl sites for hydroxylation is 1. The van der Waals surface area contributed by atoms with E-state index in [2.05, 4.69) is 0 Å². The molecule has 2 amide bonds. The van der Waals surface area contributed by atoms with Crippen LogP contribution in [0.5, 0.6) is 0 Å². The highest BCUT2D eigenvalue weighted by Crippen LogP contribution is 2.23. The molecule has 2 aromatic rings. The molecule has 1 unspecified atom stereocenters. The Bertz CT molecular complexity index is 804. The number of carbonyl (C=O) groups is 2. The summed E-state index contributed by atoms with van der Waals surface area (Å²) < 4.78 is 0. The quantitative estimate of drug-likeness (QED) is 0.806. The van der Waals surface area contributed by atoms with Gasteiger partial charge in [-0.1, -0.05) is 53.6 Å². The standard InChI is InChI=1S/C21H23ClN2O2/c1-15-6-8-16(9-7-15)13-24-14-18(11-20(24)25)21(26)23(2)12-17-4-3-5-19(22)10-17/h3-10,18H,11-14H2,1-2H3. The van der Waals surface area contributed by atoms with Crippen LogP contribution < -0.4 is 0 Å². The molecule has 4 nitrogen and oxygen atoms in total. The van der Waals surface area contributed by atoms with Crippen molar-refractivity contribution in [2.24, 2.45) is 5.92 Å². The maximum Gasteiger partial charge on any atom is 0.228 e. The molecular formula is C21H23ClN2O2. The van der Waals surface area contributed by atoms with Gasteiger partial charge in [0, 0.05) is 38.1 Å². The van der Waals surface area contributed by atoms with Gasteiger partial charge in [0.15, 0.2) is 0 Å². The van der Waals surface area contributed by atoms with E-state index in [1.54, 1.807) is 16.8 Å². The van der Waals surface area contributed by atoms with E-state index in [1.165, 1.54) is 5.56 Å². The molecule has 0 saturated carbocycles. The molecule has 2 aromatic carbocycles. The van der Waals surface area contributed by atoms with Crippen molar-refractivity contribution in [2.75, 3.05) is 13.6 Å². The summed E-state index contributed by atoms with van der Waals surface area (Å²) in [5.74, 6) is -0.234. The average Bonchev–Trinajstić information content (AvgIpc) is 2.97. The summed E-state index contributed by atoms with van der Waals surface area (Å²) in [4.78, 5) is 28.5. The second-order valence-corrected chi connectivity index (χ2v) is 7.42. The fourth-order valence-electron chi connectivity index (χ4n) is 3.30. The molecule has 1 atom stereocenters. The molecule has 136 valence electrons. The zero-order valence-electron chi connectivity index (χ0n) is 15.1. The molecule has 5 heteroatoms. The Kier molecular flexibility index (Phi) is 5.62. The molecule has 0 N–H and O–H groups in total. The Morgan fingerprint density at radius 1 is 1.19 bits per heavy atom. The molecule has 1 fully saturated rings. The minimum Gasteiger partial charge on any atom is -0.341 e. The number of rotatable bonds is 5. The Hall–Kier alpha value is -2.33. The Morgan fingerprint density at radius 2 is 1.92 bits per heavy atom. The van der Waals surface area contributed by atoms with Crippen LogP contribution >= 0.6 is 11.6 Å². The van der Waals surface area contributed by atoms with E-state index in [9.17, 15) is 9.59 Å². The molecule has 0 bridgehead atoms. The molecular weight excluding hydrogens is 348 g/mol. The molecule has 0 radical (unpaired) electrons. The molecule has 1 saturated heterocycles. The summed E-state index contributed by atoms with van der Waals surface area (Å²) in [5.41, 5.74) is 3.26. The highest BCUT2D eigenvalue weighted by Gasteiger charge is 2.35. The van der Waals surface area contributed by atoms with Crippen molar-refractivity contribution in [2.45, 2.75) is 26.4 Å². The monoisotopic (exact) mass is 370 g/mol. The summed E-state index contributed by atoms with van der Waals surface area (Å²) in [7, 11) is 1.77. The first-order valence-corrected chi connectivity index (χ1v) is 9.13. The van der Waals surface area contributed by atoms with Crippen LogP contribution in [0, 0.1) is 12.8 Å². The normalized spacial score (nSPS) is 16.8. The smallest absolute Gasteiger partial charge is 0.228 e. The third-order valence-corrected chi connectivity index (χ3v) is 4.98. The molecule has 26 heavy (non-hydrogen) atoms. The first-order chi connectivity index (χ1) is 12.4. The highest BCUT2D eigenvalue weighted by molar-refractivity contribution is 6.30. The molecule has 1 aliphatic rings. The lowest BCUT2D eigenvalue weighted by molar-refractivity contribution is -0.135. The predicted molar refractivity (Wildman–Crippen MR) is 103 cm³/mol. The van der Waals surface area contributed by atoms with Gasteiger partial charge < -0.3 is 9.80 Å². The van der Waals surface area contributed by atoms with Crippen LogP contribution in [0.4, 0.5) is 0 Å². The first-order valence-electron chi connectivity index (χ1n) is 8.75. The summed E-state index contributed by atoms with van der Waals surface area (Å²) in [6, 6.07) is 15.6. The van der Waals surface area contributed by atoms with Crippen LogP contribution in [-0.2, 0) is 22.7 Å². The van der Waals surface area contributed by atoms with Gasteiger partial charge >= 0.3 is 0 Å². The van der Waals surface area contributed by atoms with Crippen LogP contribution in [0.15, 0.2) is 48.5 Å². The Labute approximate surface area is 159 Å². The van der Waals surface area contributed by atoms with Crippen molar-refractivity contribution < 1.29 is 9.59 Å². The van der Waals surface area contributed by atoms with Gasteiger partial charge in [-0.25, -0.2) is 0 Å². The van der Waals surface area contributed by atoms with Crippen LogP contribution in [0.25, 0.3) is 0 Å². The fourth-order valence-corrected chi connectivity index (χ4v) is 3.52. The zero-order chi connectivity index (χ0) is 18.7. The van der Waals surface area contributed by atoms with E-state index in [0.29, 0.717) is 24.7 Å². The highest BCUT2D eigenvalue weighted by atomic mass is 35.5. The van der Waals surface area contributed by atoms with E-state index < -0.39 is 0 Å². The van der Waals surface area contributed by atoms with Crippen LogP contribution in [0.3, 0.4) is 0 Å². The third kappa shape index (κ3) is 4.44. The van der Waals surface area contributed by atoms with Crippen molar-refractivity contribution in [1.82, 2.24) is 9.80 Å². The zero-order valence-corrected chi connectivity index (χ0v) is 15.9. The molecule has 1 aliphatic heterocycles. The number of hydrogen-bond donors (Lipinski definition) is 0. The molecule has 0 aliphatic carbocycles. The van der Waals surface area contributed by atoms with Gasteiger partial charge in [-0.05, 0) is 30.2 Å². The number of amides is 2. The number of likely N-dealkylation sites (tertiary alicyclic amines) is 1. The number of benzene rings is 2. The second kappa shape index (κ2) is 7.92. The van der Waals surface area contributed by atoms with Crippen molar-refractivity contribution in [3.63, 3.8) is 0 Å². The number of halogens is 1. The largest absolute Gasteiger partial charge is 0.341 e. The maximum absolute atomic E-state index is 12.7. The average molecular weight is 371 g/mol. The van der Waals surface area contributed by atoms with E-state index in [1.807, 2.05) is 55.5 Å². The minimum absolute atomic E-state index is 0.00438. The van der Waals surface area contributed by atoms with Crippen molar-refractivity contribution in [1.29, 1.82) is 0 Å². The number of hydrogen-bond acceptors (Lipinski definition) is 2. The third-order valence-electron chi connectivity index (χ3n) is 4.74. The molecule has 1 heterocycles. The Morgan fingerprint density at radius 3 is 2.62 bits per heavy atom. The van der Waals surface area contributed by atoms with Crippen molar-refractivity contribution in [3.05, 3.63) is 70.2 Å². The second-order valence-electron chi connectivity index (χ2n) is 6.99. The van der Waals surface area contributed by atoms with Gasteiger partial charge in [-0.2, -0.15) is 0 Å². The van der Waals surface area contributed by atoms with Gasteiger partial charge in [0.2, 0.25) is 11.8 Å². The lowest BCUT2D eigenvalue weighted by atomic mass is 10.1. The van der Waals surface area contributed by atoms with Gasteiger partial charge in [0.05, 0.1) is 5.92 Å². The van der Waals surface area contributed by atoms with Crippen LogP contribution in [-0.4, -0.2) is 35.2 Å². The minimum atomic E-state index is -0.280. The van der Waals surface area contributed by atoms with Gasteiger partial charge in [0.25, 0.3) is 0 Å². The molecule has 0 spiro atoms. The van der Waals surface area contributed by atoms with E-state index in [-0.39, 0.29) is 24.2 Å². The maximum atomic E-state index is 12.7.